The van der Waals surface area contributed by atoms with Gasteiger partial charge in [0.2, 0.25) is 5.91 Å². The van der Waals surface area contributed by atoms with E-state index in [1.165, 1.54) is 4.90 Å². The number of rotatable bonds is 6. The van der Waals surface area contributed by atoms with Gasteiger partial charge in [0.05, 0.1) is 13.2 Å². The quantitative estimate of drug-likeness (QED) is 0.593. The van der Waals surface area contributed by atoms with E-state index in [0.717, 1.165) is 5.56 Å². The van der Waals surface area contributed by atoms with E-state index in [-0.39, 0.29) is 44.7 Å². The normalized spacial score (nSPS) is 17.1. The number of carbonyl (C=O) groups is 3. The van der Waals surface area contributed by atoms with Gasteiger partial charge < -0.3 is 24.6 Å². The zero-order valence-electron chi connectivity index (χ0n) is 16.3. The van der Waals surface area contributed by atoms with Crippen molar-refractivity contribution in [2.24, 2.45) is 0 Å². The summed E-state index contributed by atoms with van der Waals surface area (Å²) in [4.78, 5) is 39.9. The molecule has 0 spiro atoms. The van der Waals surface area contributed by atoms with Crippen LogP contribution in [0.15, 0.2) is 36.9 Å². The number of hydrogen-bond donors (Lipinski definition) is 1. The van der Waals surface area contributed by atoms with E-state index in [1.807, 2.05) is 24.3 Å². The maximum absolute atomic E-state index is 12.6. The number of fused-ring (bicyclic) bond motifs is 1. The molecule has 0 radical (unpaired) electrons. The summed E-state index contributed by atoms with van der Waals surface area (Å²) in [5.41, 5.74) is 1.42. The van der Waals surface area contributed by atoms with Crippen LogP contribution < -0.4 is 10.2 Å². The Labute approximate surface area is 165 Å². The van der Waals surface area contributed by atoms with Gasteiger partial charge in [-0.05, 0) is 13.0 Å². The lowest BCUT2D eigenvalue weighted by atomic mass is 10.1. The summed E-state index contributed by atoms with van der Waals surface area (Å²) < 4.78 is 10.8. The smallest absolute Gasteiger partial charge is 0.332 e. The van der Waals surface area contributed by atoms with Crippen molar-refractivity contribution in [2.75, 3.05) is 44.8 Å². The predicted octanol–water partition coefficient (Wildman–Crippen LogP) is 1.87. The molecule has 0 saturated carbocycles. The topological polar surface area (TPSA) is 88.2 Å². The fourth-order valence-electron chi connectivity index (χ4n) is 2.96. The van der Waals surface area contributed by atoms with E-state index >= 15 is 0 Å². The molecule has 8 heteroatoms. The van der Waals surface area contributed by atoms with Gasteiger partial charge in [0.25, 0.3) is 0 Å². The molecule has 3 amide bonds. The number of urea groups is 1. The number of nitrogens with zero attached hydrogens (tertiary/aromatic N) is 2. The molecule has 1 atom stereocenters. The maximum Gasteiger partial charge on any atom is 0.332 e. The molecule has 1 unspecified atom stereocenters. The first-order valence-electron chi connectivity index (χ1n) is 9.24. The van der Waals surface area contributed by atoms with Gasteiger partial charge in [-0.2, -0.15) is 0 Å². The lowest BCUT2D eigenvalue weighted by Gasteiger charge is -2.27. The highest BCUT2D eigenvalue weighted by Crippen LogP contribution is 2.30. The summed E-state index contributed by atoms with van der Waals surface area (Å²) in [6.45, 7) is 6.07. The molecule has 2 rings (SSSR count). The highest BCUT2D eigenvalue weighted by molar-refractivity contribution is 5.94. The largest absolute Gasteiger partial charge is 0.464 e. The van der Waals surface area contributed by atoms with E-state index in [2.05, 4.69) is 11.9 Å². The first kappa shape index (κ1) is 21.4. The van der Waals surface area contributed by atoms with E-state index in [4.69, 9.17) is 9.47 Å². The summed E-state index contributed by atoms with van der Waals surface area (Å²) in [5.74, 6) is -0.591. The van der Waals surface area contributed by atoms with Crippen molar-refractivity contribution >= 4 is 23.6 Å². The number of hydrogen-bond acceptors (Lipinski definition) is 5. The number of carbonyl (C=O) groups excluding carboxylic acids is 3. The molecule has 1 aromatic carbocycles. The zero-order chi connectivity index (χ0) is 20.5. The molecule has 0 fully saturated rings. The number of benzene rings is 1. The summed E-state index contributed by atoms with van der Waals surface area (Å²) >= 11 is 0. The molecule has 152 valence electrons. The van der Waals surface area contributed by atoms with Gasteiger partial charge >= 0.3 is 12.0 Å². The molecule has 28 heavy (non-hydrogen) atoms. The average Bonchev–Trinajstić information content (AvgIpc) is 2.75. The van der Waals surface area contributed by atoms with Crippen molar-refractivity contribution in [1.82, 2.24) is 10.2 Å². The van der Waals surface area contributed by atoms with Crippen LogP contribution in [0, 0.1) is 0 Å². The minimum absolute atomic E-state index is 0.111. The number of ether oxygens (including phenoxy) is 2. The summed E-state index contributed by atoms with van der Waals surface area (Å²) in [6.07, 6.45) is 1.16. The van der Waals surface area contributed by atoms with Gasteiger partial charge in [-0.3, -0.25) is 4.79 Å². The maximum atomic E-state index is 12.6. The van der Waals surface area contributed by atoms with Crippen molar-refractivity contribution in [2.45, 2.75) is 19.4 Å². The van der Waals surface area contributed by atoms with E-state index in [0.29, 0.717) is 12.2 Å². The fraction of sp³-hybridized carbons (Fsp3) is 0.450. The molecule has 1 N–H and O–H groups in total. The Morgan fingerprint density at radius 1 is 1.36 bits per heavy atom. The molecule has 8 nitrogen and oxygen atoms in total. The van der Waals surface area contributed by atoms with Crippen molar-refractivity contribution in [3.8, 4) is 0 Å². The van der Waals surface area contributed by atoms with Crippen molar-refractivity contribution in [3.63, 3.8) is 0 Å². The van der Waals surface area contributed by atoms with Crippen LogP contribution in [0.2, 0.25) is 0 Å². The standard InChI is InChI=1S/C20H27N3O5/c1-4-11-21-20(26)23-12-10-18(24)22(3)16-9-7-6-8-15(16)17(13-23)28-14-19(25)27-5-2/h4,6-9,17H,1,5,10-14H2,2-3H3,(H,21,26). The minimum atomic E-state index is -0.594. The third kappa shape index (κ3) is 5.56. The number of anilines is 1. The van der Waals surface area contributed by atoms with E-state index in [1.54, 1.807) is 24.9 Å². The summed E-state index contributed by atoms with van der Waals surface area (Å²) in [5, 5.41) is 2.72. The van der Waals surface area contributed by atoms with Crippen LogP contribution in [0.4, 0.5) is 10.5 Å². The van der Waals surface area contributed by atoms with E-state index in [9.17, 15) is 14.4 Å². The molecule has 0 bridgehead atoms. The van der Waals surface area contributed by atoms with Gasteiger partial charge in [-0.1, -0.05) is 24.3 Å². The van der Waals surface area contributed by atoms with Gasteiger partial charge in [0.15, 0.2) is 0 Å². The second kappa shape index (κ2) is 10.5. The van der Waals surface area contributed by atoms with Gasteiger partial charge in [0.1, 0.15) is 12.7 Å². The molecule has 1 heterocycles. The van der Waals surface area contributed by atoms with Crippen LogP contribution >= 0.6 is 0 Å². The molecule has 1 aromatic rings. The van der Waals surface area contributed by atoms with Gasteiger partial charge in [-0.15, -0.1) is 6.58 Å². The number of para-hydroxylation sites is 1. The third-order valence-electron chi connectivity index (χ3n) is 4.39. The highest BCUT2D eigenvalue weighted by Gasteiger charge is 2.28. The lowest BCUT2D eigenvalue weighted by molar-refractivity contribution is -0.150. The van der Waals surface area contributed by atoms with Crippen LogP contribution in [0.5, 0.6) is 0 Å². The zero-order valence-corrected chi connectivity index (χ0v) is 16.3. The first-order chi connectivity index (χ1) is 13.5. The lowest BCUT2D eigenvalue weighted by Crippen LogP contribution is -2.43. The van der Waals surface area contributed by atoms with Crippen molar-refractivity contribution in [1.29, 1.82) is 0 Å². The monoisotopic (exact) mass is 389 g/mol. The Morgan fingerprint density at radius 3 is 2.82 bits per heavy atom. The number of amides is 3. The molecule has 1 aliphatic heterocycles. The second-order valence-corrected chi connectivity index (χ2v) is 6.29. The molecular formula is C20H27N3O5. The van der Waals surface area contributed by atoms with Crippen LogP contribution in [-0.4, -0.2) is 62.7 Å². The SMILES string of the molecule is C=CCNC(=O)N1CCC(=O)N(C)c2ccccc2C(OCC(=O)OCC)C1. The molecule has 0 saturated heterocycles. The van der Waals surface area contributed by atoms with Crippen molar-refractivity contribution < 1.29 is 23.9 Å². The van der Waals surface area contributed by atoms with E-state index < -0.39 is 12.1 Å². The Bertz CT molecular complexity index is 722. The average molecular weight is 389 g/mol. The minimum Gasteiger partial charge on any atom is -0.464 e. The third-order valence-corrected chi connectivity index (χ3v) is 4.39. The number of esters is 1. The Morgan fingerprint density at radius 2 is 2.11 bits per heavy atom. The van der Waals surface area contributed by atoms with Crippen LogP contribution in [-0.2, 0) is 19.1 Å². The number of nitrogens with one attached hydrogen (secondary N) is 1. The summed E-state index contributed by atoms with van der Waals surface area (Å²) in [7, 11) is 1.69. The van der Waals surface area contributed by atoms with Crippen LogP contribution in [0.3, 0.4) is 0 Å². The Hall–Kier alpha value is -2.87. The van der Waals surface area contributed by atoms with Crippen LogP contribution in [0.25, 0.3) is 0 Å². The summed E-state index contributed by atoms with van der Waals surface area (Å²) in [6, 6.07) is 7.00. The highest BCUT2D eigenvalue weighted by atomic mass is 16.6. The van der Waals surface area contributed by atoms with Crippen LogP contribution in [0.1, 0.15) is 25.0 Å². The second-order valence-electron chi connectivity index (χ2n) is 6.29. The Balaban J connectivity index is 2.33. The van der Waals surface area contributed by atoms with Crippen molar-refractivity contribution in [3.05, 3.63) is 42.5 Å². The molecule has 1 aliphatic rings. The molecule has 0 aromatic heterocycles. The predicted molar refractivity (Wildman–Crippen MR) is 105 cm³/mol. The first-order valence-corrected chi connectivity index (χ1v) is 9.24. The Kier molecular flexibility index (Phi) is 8.01. The molecular weight excluding hydrogens is 362 g/mol. The fourth-order valence-corrected chi connectivity index (χ4v) is 2.96. The van der Waals surface area contributed by atoms with Gasteiger partial charge in [0, 0.05) is 37.8 Å². The molecule has 0 aliphatic carbocycles. The van der Waals surface area contributed by atoms with Gasteiger partial charge in [-0.25, -0.2) is 9.59 Å².